The summed E-state index contributed by atoms with van der Waals surface area (Å²) < 4.78 is 31.6. The molecule has 0 aliphatic heterocycles. The van der Waals surface area contributed by atoms with Gasteiger partial charge in [-0.2, -0.15) is 8.42 Å². The van der Waals surface area contributed by atoms with Crippen molar-refractivity contribution in [2.75, 3.05) is 0 Å². The normalized spacial score (nSPS) is 39.8. The second-order valence-corrected chi connectivity index (χ2v) is 4.38. The molecule has 0 bridgehead atoms. The van der Waals surface area contributed by atoms with Crippen molar-refractivity contribution in [3.05, 3.63) is 0 Å². The first-order valence-electron chi connectivity index (χ1n) is 4.29. The zero-order valence-corrected chi connectivity index (χ0v) is 9.03. The third-order valence-electron chi connectivity index (χ3n) is 2.12. The van der Waals surface area contributed by atoms with Crippen LogP contribution in [0.15, 0.2) is 0 Å². The van der Waals surface area contributed by atoms with Crippen molar-refractivity contribution in [3.8, 4) is 0 Å². The van der Waals surface area contributed by atoms with Gasteiger partial charge >= 0.3 is 10.4 Å². The van der Waals surface area contributed by atoms with Crippen molar-refractivity contribution < 1.29 is 32.8 Å². The SMILES string of the molecule is N[C@@H]1C[C@H](N)[C@@H](O)C(O)[C@H]1O.O=S(=O)(O)O. The predicted molar refractivity (Wildman–Crippen MR) is 52.8 cm³/mol. The Morgan fingerprint density at radius 3 is 1.38 bits per heavy atom. The van der Waals surface area contributed by atoms with Crippen molar-refractivity contribution in [2.45, 2.75) is 36.8 Å². The molecule has 0 spiro atoms. The first-order valence-corrected chi connectivity index (χ1v) is 5.69. The maximum Gasteiger partial charge on any atom is 0.394 e. The molecule has 16 heavy (non-hydrogen) atoms. The molecule has 0 aromatic carbocycles. The van der Waals surface area contributed by atoms with Crippen LogP contribution < -0.4 is 11.5 Å². The van der Waals surface area contributed by atoms with E-state index in [1.807, 2.05) is 0 Å². The van der Waals surface area contributed by atoms with Crippen molar-refractivity contribution in [1.82, 2.24) is 0 Å². The van der Waals surface area contributed by atoms with Crippen molar-refractivity contribution in [2.24, 2.45) is 11.5 Å². The summed E-state index contributed by atoms with van der Waals surface area (Å²) in [7, 11) is -4.67. The number of nitrogens with two attached hydrogens (primary N) is 2. The average Bonchev–Trinajstić information content (AvgIpc) is 2.09. The van der Waals surface area contributed by atoms with Gasteiger partial charge in [0.15, 0.2) is 0 Å². The Morgan fingerprint density at radius 1 is 0.875 bits per heavy atom. The van der Waals surface area contributed by atoms with Crippen LogP contribution in [0.2, 0.25) is 0 Å². The second-order valence-electron chi connectivity index (χ2n) is 3.48. The van der Waals surface area contributed by atoms with Crippen molar-refractivity contribution in [1.29, 1.82) is 0 Å². The first kappa shape index (κ1) is 15.7. The number of hydrogen-bond donors (Lipinski definition) is 7. The summed E-state index contributed by atoms with van der Waals surface area (Å²) in [6, 6.07) is -1.08. The van der Waals surface area contributed by atoms with E-state index in [0.29, 0.717) is 6.42 Å². The maximum absolute atomic E-state index is 9.14. The van der Waals surface area contributed by atoms with Crippen LogP contribution in [0.1, 0.15) is 6.42 Å². The molecule has 0 aromatic heterocycles. The smallest absolute Gasteiger partial charge is 0.389 e. The van der Waals surface area contributed by atoms with Gasteiger partial charge in [-0.1, -0.05) is 0 Å². The van der Waals surface area contributed by atoms with Gasteiger partial charge in [0.25, 0.3) is 0 Å². The highest BCUT2D eigenvalue weighted by molar-refractivity contribution is 7.79. The van der Waals surface area contributed by atoms with Crippen molar-refractivity contribution in [3.63, 3.8) is 0 Å². The molecular formula is C6H16N2O7S. The van der Waals surface area contributed by atoms with Crippen LogP contribution in [0.4, 0.5) is 0 Å². The second kappa shape index (κ2) is 5.84. The van der Waals surface area contributed by atoms with E-state index in [9.17, 15) is 0 Å². The van der Waals surface area contributed by atoms with Gasteiger partial charge in [-0.3, -0.25) is 9.11 Å². The fourth-order valence-electron chi connectivity index (χ4n) is 1.30. The van der Waals surface area contributed by atoms with Gasteiger partial charge in [0.1, 0.15) is 6.10 Å². The molecule has 98 valence electrons. The molecule has 9 nitrogen and oxygen atoms in total. The Kier molecular flexibility index (Phi) is 5.72. The summed E-state index contributed by atoms with van der Waals surface area (Å²) in [6.07, 6.45) is -3.01. The van der Waals surface area contributed by atoms with E-state index < -0.39 is 40.8 Å². The lowest BCUT2D eigenvalue weighted by molar-refractivity contribution is -0.100. The van der Waals surface area contributed by atoms with Crippen LogP contribution in [0.5, 0.6) is 0 Å². The lowest BCUT2D eigenvalue weighted by Crippen LogP contribution is -2.61. The monoisotopic (exact) mass is 260 g/mol. The van der Waals surface area contributed by atoms with Gasteiger partial charge in [-0.15, -0.1) is 0 Å². The lowest BCUT2D eigenvalue weighted by atomic mass is 9.85. The summed E-state index contributed by atoms with van der Waals surface area (Å²) in [6.45, 7) is 0. The largest absolute Gasteiger partial charge is 0.394 e. The number of rotatable bonds is 0. The molecule has 0 heterocycles. The molecule has 1 fully saturated rings. The lowest BCUT2D eigenvalue weighted by Gasteiger charge is -2.37. The molecule has 1 aliphatic carbocycles. The van der Waals surface area contributed by atoms with Gasteiger partial charge in [0.2, 0.25) is 0 Å². The highest BCUT2D eigenvalue weighted by Gasteiger charge is 2.39. The number of hydrogen-bond acceptors (Lipinski definition) is 7. The molecule has 1 aliphatic rings. The molecule has 9 N–H and O–H groups in total. The molecule has 1 rings (SSSR count). The summed E-state index contributed by atoms with van der Waals surface area (Å²) in [5.41, 5.74) is 10.8. The fraction of sp³-hybridized carbons (Fsp3) is 1.00. The summed E-state index contributed by atoms with van der Waals surface area (Å²) in [5, 5.41) is 27.4. The van der Waals surface area contributed by atoms with Crippen LogP contribution in [-0.2, 0) is 10.4 Å². The molecule has 0 radical (unpaired) electrons. The Bertz CT molecular complexity index is 286. The molecule has 0 aromatic rings. The number of aliphatic hydroxyl groups is 3. The standard InChI is InChI=1S/C6H14N2O3.H2O4S/c7-2-1-3(8)5(10)6(11)4(2)9;1-5(2,3)4/h2-6,9-11H,1,7-8H2;(H2,1,2,3,4)/t2-,3+,4+,5-,6?;. The maximum atomic E-state index is 9.14. The highest BCUT2D eigenvalue weighted by Crippen LogP contribution is 2.17. The highest BCUT2D eigenvalue weighted by atomic mass is 32.3. The van der Waals surface area contributed by atoms with Crippen molar-refractivity contribution >= 4 is 10.4 Å². The minimum atomic E-state index is -4.67. The van der Waals surface area contributed by atoms with E-state index in [0.717, 1.165) is 0 Å². The molecule has 10 heteroatoms. The van der Waals surface area contributed by atoms with Crippen LogP contribution in [0.25, 0.3) is 0 Å². The Labute approximate surface area is 92.3 Å². The zero-order chi connectivity index (χ0) is 13.1. The molecule has 0 amide bonds. The molecule has 5 atom stereocenters. The van der Waals surface area contributed by atoms with Gasteiger partial charge in [0.05, 0.1) is 12.2 Å². The van der Waals surface area contributed by atoms with Gasteiger partial charge in [0, 0.05) is 12.1 Å². The van der Waals surface area contributed by atoms with E-state index in [2.05, 4.69) is 0 Å². The van der Waals surface area contributed by atoms with Crippen LogP contribution in [-0.4, -0.2) is 63.2 Å². The zero-order valence-electron chi connectivity index (χ0n) is 8.21. The van der Waals surface area contributed by atoms with E-state index in [-0.39, 0.29) is 0 Å². The summed E-state index contributed by atoms with van der Waals surface area (Å²) in [5.74, 6) is 0. The number of aliphatic hydroxyl groups excluding tert-OH is 3. The van der Waals surface area contributed by atoms with Gasteiger partial charge in [-0.25, -0.2) is 0 Å². The Hall–Kier alpha value is -0.330. The summed E-state index contributed by atoms with van der Waals surface area (Å²) in [4.78, 5) is 0. The summed E-state index contributed by atoms with van der Waals surface area (Å²) >= 11 is 0. The van der Waals surface area contributed by atoms with E-state index >= 15 is 0 Å². The third kappa shape index (κ3) is 5.67. The van der Waals surface area contributed by atoms with E-state index in [4.69, 9.17) is 44.3 Å². The average molecular weight is 260 g/mol. The third-order valence-corrected chi connectivity index (χ3v) is 2.12. The predicted octanol–water partition coefficient (Wildman–Crippen LogP) is -3.53. The Morgan fingerprint density at radius 2 is 1.12 bits per heavy atom. The van der Waals surface area contributed by atoms with E-state index in [1.54, 1.807) is 0 Å². The molecule has 0 saturated heterocycles. The molecule has 1 saturated carbocycles. The minimum absolute atomic E-state index is 0.333. The van der Waals surface area contributed by atoms with Gasteiger partial charge in [-0.05, 0) is 6.42 Å². The molecular weight excluding hydrogens is 244 g/mol. The van der Waals surface area contributed by atoms with Gasteiger partial charge < -0.3 is 26.8 Å². The van der Waals surface area contributed by atoms with Crippen LogP contribution in [0, 0.1) is 0 Å². The van der Waals surface area contributed by atoms with Crippen LogP contribution >= 0.6 is 0 Å². The Balaban J connectivity index is 0.000000385. The minimum Gasteiger partial charge on any atom is -0.389 e. The first-order chi connectivity index (χ1) is 7.04. The molecule has 1 unspecified atom stereocenters. The quantitative estimate of drug-likeness (QED) is 0.216. The van der Waals surface area contributed by atoms with E-state index in [1.165, 1.54) is 0 Å². The fourth-order valence-corrected chi connectivity index (χ4v) is 1.30. The topological polar surface area (TPSA) is 187 Å². The van der Waals surface area contributed by atoms with Crippen LogP contribution in [0.3, 0.4) is 0 Å².